The van der Waals surface area contributed by atoms with Crippen LogP contribution in [0.25, 0.3) is 0 Å². The van der Waals surface area contributed by atoms with Gasteiger partial charge in [0.05, 0.1) is 41.3 Å². The van der Waals surface area contributed by atoms with E-state index in [1.807, 2.05) is 0 Å². The van der Waals surface area contributed by atoms with E-state index in [1.165, 1.54) is 157 Å². The quantitative estimate of drug-likeness (QED) is 0.108. The molecule has 0 aromatic rings. The molecule has 0 aromatic heterocycles. The van der Waals surface area contributed by atoms with Gasteiger partial charge in [0.2, 0.25) is 0 Å². The third kappa shape index (κ3) is 26.3. The minimum atomic E-state index is 0. The lowest BCUT2D eigenvalue weighted by Gasteiger charge is -2.41. The predicted molar refractivity (Wildman–Crippen MR) is 152 cm³/mol. The van der Waals surface area contributed by atoms with Crippen molar-refractivity contribution in [1.29, 1.82) is 0 Å². The van der Waals surface area contributed by atoms with Crippen molar-refractivity contribution in [1.82, 2.24) is 0 Å². The van der Waals surface area contributed by atoms with Crippen molar-refractivity contribution in [3.8, 4) is 0 Å². The van der Waals surface area contributed by atoms with Crippen LogP contribution in [-0.2, 0) is 0 Å². The second-order valence-electron chi connectivity index (χ2n) is 12.6. The van der Waals surface area contributed by atoms with E-state index in [-0.39, 0.29) is 34.0 Å². The van der Waals surface area contributed by atoms with E-state index < -0.39 is 0 Å². The maximum atomic E-state index is 2.49. The Labute approximate surface area is 245 Å². The van der Waals surface area contributed by atoms with Crippen LogP contribution in [0.5, 0.6) is 0 Å². The highest BCUT2D eigenvalue weighted by Gasteiger charge is 2.30. The highest BCUT2D eigenvalue weighted by atomic mass is 79.9. The lowest BCUT2D eigenvalue weighted by atomic mass is 10.1. The molecule has 1 unspecified atom stereocenters. The van der Waals surface area contributed by atoms with Crippen LogP contribution in [0.15, 0.2) is 0 Å². The zero-order chi connectivity index (χ0) is 24.8. The molecule has 2 nitrogen and oxygen atoms in total. The molecule has 0 aliphatic carbocycles. The summed E-state index contributed by atoms with van der Waals surface area (Å²) in [7, 11) is 9.87. The first-order chi connectivity index (χ1) is 15.7. The lowest BCUT2D eigenvalue weighted by molar-refractivity contribution is -0.963. The zero-order valence-corrected chi connectivity index (χ0v) is 28.7. The highest BCUT2D eigenvalue weighted by molar-refractivity contribution is 4.54. The monoisotopic (exact) mass is 626 g/mol. The molecule has 0 bridgehead atoms. The summed E-state index contributed by atoms with van der Waals surface area (Å²) in [5.41, 5.74) is 0. The van der Waals surface area contributed by atoms with E-state index in [4.69, 9.17) is 0 Å². The van der Waals surface area contributed by atoms with Crippen LogP contribution in [-0.4, -0.2) is 62.8 Å². The average Bonchev–Trinajstić information content (AvgIpc) is 2.76. The Morgan fingerprint density at radius 3 is 1.06 bits per heavy atom. The van der Waals surface area contributed by atoms with Crippen LogP contribution in [0.1, 0.15) is 149 Å². The molecular formula is C31H68Br2N2. The number of likely N-dealkylation sites (N-methyl/N-ethyl adjacent to an activating group) is 2. The van der Waals surface area contributed by atoms with Gasteiger partial charge in [0, 0.05) is 0 Å². The van der Waals surface area contributed by atoms with Crippen molar-refractivity contribution in [2.24, 2.45) is 0 Å². The molecule has 0 aliphatic rings. The molecule has 4 heteroatoms. The van der Waals surface area contributed by atoms with Crippen LogP contribution in [0.4, 0.5) is 0 Å². The van der Waals surface area contributed by atoms with Crippen LogP contribution in [0.2, 0.25) is 0 Å². The molecule has 0 saturated heterocycles. The fourth-order valence-corrected chi connectivity index (χ4v) is 5.28. The van der Waals surface area contributed by atoms with Gasteiger partial charge in [-0.05, 0) is 32.6 Å². The Bertz CT molecular complexity index is 413. The van der Waals surface area contributed by atoms with Gasteiger partial charge >= 0.3 is 0 Å². The van der Waals surface area contributed by atoms with Gasteiger partial charge in [0.1, 0.15) is 12.6 Å². The zero-order valence-electron chi connectivity index (χ0n) is 25.5. The Morgan fingerprint density at radius 1 is 0.429 bits per heavy atom. The summed E-state index contributed by atoms with van der Waals surface area (Å²) in [4.78, 5) is 0. The Morgan fingerprint density at radius 2 is 0.714 bits per heavy atom. The second kappa shape index (κ2) is 26.5. The summed E-state index contributed by atoms with van der Waals surface area (Å²) in [5.74, 6) is 0. The fourth-order valence-electron chi connectivity index (χ4n) is 5.28. The SMILES string of the molecule is CCCCCCCCCCCC[N+](C)(C)CC(C)[N+](C)(C)CCCCCCCCCCCC.[Br-].[Br-]. The molecule has 0 fully saturated rings. The first kappa shape index (κ1) is 40.4. The Kier molecular flexibility index (Phi) is 30.6. The van der Waals surface area contributed by atoms with Gasteiger partial charge in [-0.15, -0.1) is 0 Å². The van der Waals surface area contributed by atoms with E-state index >= 15 is 0 Å². The van der Waals surface area contributed by atoms with E-state index in [1.54, 1.807) is 0 Å². The van der Waals surface area contributed by atoms with Crippen molar-refractivity contribution in [2.45, 2.75) is 155 Å². The van der Waals surface area contributed by atoms with Gasteiger partial charge in [0.25, 0.3) is 0 Å². The summed E-state index contributed by atoms with van der Waals surface area (Å²) in [6.07, 6.45) is 28.7. The van der Waals surface area contributed by atoms with E-state index in [0.717, 1.165) is 6.04 Å². The van der Waals surface area contributed by atoms with Gasteiger partial charge in [-0.25, -0.2) is 0 Å². The molecule has 1 atom stereocenters. The topological polar surface area (TPSA) is 0 Å². The van der Waals surface area contributed by atoms with Crippen molar-refractivity contribution >= 4 is 0 Å². The van der Waals surface area contributed by atoms with E-state index in [0.29, 0.717) is 0 Å². The molecule has 216 valence electrons. The van der Waals surface area contributed by atoms with Crippen LogP contribution < -0.4 is 34.0 Å². The standard InChI is InChI=1S/C31H68N2.2BrH/c1-8-10-12-14-16-18-20-22-24-26-28-32(4,5)30-31(3)33(6,7)29-27-25-23-21-19-17-15-13-11-9-2;;/h31H,8-30H2,1-7H3;2*1H/q+2;;/p-2. The maximum absolute atomic E-state index is 2.49. The summed E-state index contributed by atoms with van der Waals surface area (Å²) in [6.45, 7) is 11.1. The lowest BCUT2D eigenvalue weighted by Crippen LogP contribution is -3.00. The molecule has 0 aliphatic heterocycles. The number of nitrogens with zero attached hydrogens (tertiary/aromatic N) is 2. The van der Waals surface area contributed by atoms with Gasteiger partial charge < -0.3 is 42.9 Å². The predicted octanol–water partition coefficient (Wildman–Crippen LogP) is 3.38. The number of rotatable bonds is 25. The third-order valence-electron chi connectivity index (χ3n) is 8.16. The van der Waals surface area contributed by atoms with Crippen LogP contribution in [0, 0.1) is 0 Å². The molecule has 0 rings (SSSR count). The highest BCUT2D eigenvalue weighted by Crippen LogP contribution is 2.17. The van der Waals surface area contributed by atoms with Crippen LogP contribution in [0.3, 0.4) is 0 Å². The molecular weight excluding hydrogens is 560 g/mol. The van der Waals surface area contributed by atoms with E-state index in [2.05, 4.69) is 49.0 Å². The molecule has 0 saturated carbocycles. The molecule has 0 spiro atoms. The molecule has 0 aromatic carbocycles. The van der Waals surface area contributed by atoms with Crippen molar-refractivity contribution in [2.75, 3.05) is 47.8 Å². The minimum absolute atomic E-state index is 0. The number of quaternary nitrogens is 2. The van der Waals surface area contributed by atoms with Gasteiger partial charge in [-0.2, -0.15) is 0 Å². The number of unbranched alkanes of at least 4 members (excludes halogenated alkanes) is 18. The number of hydrogen-bond acceptors (Lipinski definition) is 0. The van der Waals surface area contributed by atoms with E-state index in [9.17, 15) is 0 Å². The fraction of sp³-hybridized carbons (Fsp3) is 1.00. The van der Waals surface area contributed by atoms with Crippen molar-refractivity contribution in [3.05, 3.63) is 0 Å². The second-order valence-corrected chi connectivity index (χ2v) is 12.6. The first-order valence-electron chi connectivity index (χ1n) is 15.4. The Hall–Kier alpha value is 0.880. The average molecular weight is 629 g/mol. The van der Waals surface area contributed by atoms with Crippen molar-refractivity contribution in [3.63, 3.8) is 0 Å². The smallest absolute Gasteiger partial charge is 0.135 e. The van der Waals surface area contributed by atoms with Crippen LogP contribution >= 0.6 is 0 Å². The molecule has 0 heterocycles. The first-order valence-corrected chi connectivity index (χ1v) is 15.4. The molecule has 0 radical (unpaired) electrons. The summed E-state index contributed by atoms with van der Waals surface area (Å²) < 4.78 is 2.38. The summed E-state index contributed by atoms with van der Waals surface area (Å²) in [5, 5.41) is 0. The van der Waals surface area contributed by atoms with Crippen molar-refractivity contribution < 1.29 is 42.9 Å². The normalized spacial score (nSPS) is 12.8. The molecule has 0 amide bonds. The molecule has 0 N–H and O–H groups in total. The maximum Gasteiger partial charge on any atom is 0.135 e. The van der Waals surface area contributed by atoms with Gasteiger partial charge in [0.15, 0.2) is 0 Å². The Balaban J connectivity index is -0.00000512. The minimum Gasteiger partial charge on any atom is -1.00 e. The third-order valence-corrected chi connectivity index (χ3v) is 8.16. The number of halogens is 2. The largest absolute Gasteiger partial charge is 1.00 e. The summed E-state index contributed by atoms with van der Waals surface area (Å²) in [6, 6.07) is 0.738. The number of hydrogen-bond donors (Lipinski definition) is 0. The van der Waals surface area contributed by atoms with Gasteiger partial charge in [-0.1, -0.05) is 117 Å². The summed E-state index contributed by atoms with van der Waals surface area (Å²) >= 11 is 0. The van der Waals surface area contributed by atoms with Gasteiger partial charge in [-0.3, -0.25) is 0 Å². The molecule has 35 heavy (non-hydrogen) atoms.